The Bertz CT molecular complexity index is 692. The van der Waals surface area contributed by atoms with Crippen molar-refractivity contribution in [2.24, 2.45) is 5.92 Å². The minimum atomic E-state index is -0.612. The lowest BCUT2D eigenvalue weighted by Crippen LogP contribution is -2.34. The summed E-state index contributed by atoms with van der Waals surface area (Å²) in [6, 6.07) is 5.77. The number of hydrogen-bond acceptors (Lipinski definition) is 5. The smallest absolute Gasteiger partial charge is 0.290 e. The Morgan fingerprint density at radius 1 is 1.40 bits per heavy atom. The van der Waals surface area contributed by atoms with E-state index in [9.17, 15) is 14.3 Å². The Labute approximate surface area is 144 Å². The molecule has 8 heteroatoms. The van der Waals surface area contributed by atoms with Gasteiger partial charge in [0.05, 0.1) is 6.10 Å². The van der Waals surface area contributed by atoms with Gasteiger partial charge in [-0.05, 0) is 49.4 Å². The molecule has 1 fully saturated rings. The van der Waals surface area contributed by atoms with Crippen molar-refractivity contribution in [1.29, 1.82) is 0 Å². The molecule has 3 atom stereocenters. The third-order valence-corrected chi connectivity index (χ3v) is 4.59. The zero-order chi connectivity index (χ0) is 17.8. The minimum Gasteiger partial charge on any atom is -0.488 e. The van der Waals surface area contributed by atoms with Crippen molar-refractivity contribution in [3.8, 4) is 5.75 Å². The lowest BCUT2D eigenvalue weighted by atomic mass is 10.0. The van der Waals surface area contributed by atoms with Gasteiger partial charge in [-0.1, -0.05) is 0 Å². The van der Waals surface area contributed by atoms with Gasteiger partial charge in [0.25, 0.3) is 5.91 Å². The molecule has 0 bridgehead atoms. The molecule has 1 heterocycles. The van der Waals surface area contributed by atoms with Crippen LogP contribution in [0.2, 0.25) is 0 Å². The normalized spacial score (nSPS) is 22.8. The quantitative estimate of drug-likeness (QED) is 0.828. The molecule has 0 spiro atoms. The predicted molar refractivity (Wildman–Crippen MR) is 87.5 cm³/mol. The second kappa shape index (κ2) is 7.60. The van der Waals surface area contributed by atoms with Gasteiger partial charge in [0.1, 0.15) is 24.0 Å². The molecular formula is C17H21FN4O3. The van der Waals surface area contributed by atoms with Gasteiger partial charge in [0, 0.05) is 13.6 Å². The number of aliphatic hydroxyl groups is 1. The molecule has 0 saturated heterocycles. The molecule has 1 aromatic carbocycles. The molecule has 1 amide bonds. The van der Waals surface area contributed by atoms with Gasteiger partial charge in [-0.2, -0.15) is 5.10 Å². The third-order valence-electron chi connectivity index (χ3n) is 4.59. The molecule has 2 N–H and O–H groups in total. The number of halogens is 1. The van der Waals surface area contributed by atoms with Crippen LogP contribution in [0.15, 0.2) is 30.6 Å². The summed E-state index contributed by atoms with van der Waals surface area (Å²) in [5.41, 5.74) is 0. The lowest BCUT2D eigenvalue weighted by molar-refractivity contribution is 0.0304. The van der Waals surface area contributed by atoms with Crippen molar-refractivity contribution >= 4 is 5.91 Å². The summed E-state index contributed by atoms with van der Waals surface area (Å²) in [6.45, 7) is 0.504. The first-order chi connectivity index (χ1) is 12.0. The summed E-state index contributed by atoms with van der Waals surface area (Å²) in [4.78, 5) is 17.5. The largest absolute Gasteiger partial charge is 0.488 e. The van der Waals surface area contributed by atoms with Crippen LogP contribution >= 0.6 is 0 Å². The standard InChI is InChI=1S/C17H21FN4O3/c1-22(17(24)16-19-10-20-21-16)9-8-11-2-7-14(15(11)23)25-13-5-3-12(18)4-6-13/h3-6,10-11,14-15,23H,2,7-9H2,1H3,(H,19,20,21)/t11-,14-,15-/m1/s1. The summed E-state index contributed by atoms with van der Waals surface area (Å²) in [7, 11) is 1.69. The molecule has 1 aliphatic rings. The van der Waals surface area contributed by atoms with Crippen molar-refractivity contribution in [1.82, 2.24) is 20.1 Å². The van der Waals surface area contributed by atoms with Gasteiger partial charge in [-0.15, -0.1) is 0 Å². The third kappa shape index (κ3) is 4.14. The van der Waals surface area contributed by atoms with Crippen molar-refractivity contribution in [3.05, 3.63) is 42.2 Å². The summed E-state index contributed by atoms with van der Waals surface area (Å²) < 4.78 is 18.7. The molecule has 3 rings (SSSR count). The van der Waals surface area contributed by atoms with Crippen LogP contribution in [0.3, 0.4) is 0 Å². The van der Waals surface area contributed by atoms with Gasteiger partial charge in [0.15, 0.2) is 0 Å². The number of aromatic nitrogens is 3. The average molecular weight is 348 g/mol. The number of benzene rings is 1. The fraction of sp³-hybridized carbons (Fsp3) is 0.471. The maximum Gasteiger partial charge on any atom is 0.290 e. The van der Waals surface area contributed by atoms with Gasteiger partial charge in [0.2, 0.25) is 5.82 Å². The lowest BCUT2D eigenvalue weighted by Gasteiger charge is -2.23. The van der Waals surface area contributed by atoms with Gasteiger partial charge in [-0.25, -0.2) is 9.37 Å². The monoisotopic (exact) mass is 348 g/mol. The number of nitrogens with zero attached hydrogens (tertiary/aromatic N) is 3. The minimum absolute atomic E-state index is 0.0513. The number of ether oxygens (including phenoxy) is 1. The highest BCUT2D eigenvalue weighted by Crippen LogP contribution is 2.32. The Kier molecular flexibility index (Phi) is 5.28. The number of hydrogen-bond donors (Lipinski definition) is 2. The van der Waals surface area contributed by atoms with E-state index in [1.165, 1.54) is 18.5 Å². The molecular weight excluding hydrogens is 327 g/mol. The Hall–Kier alpha value is -2.48. The summed E-state index contributed by atoms with van der Waals surface area (Å²) >= 11 is 0. The Morgan fingerprint density at radius 3 is 2.84 bits per heavy atom. The van der Waals surface area contributed by atoms with Gasteiger partial charge in [-0.3, -0.25) is 9.89 Å². The van der Waals surface area contributed by atoms with Crippen molar-refractivity contribution in [3.63, 3.8) is 0 Å². The maximum atomic E-state index is 12.9. The molecule has 2 aromatic rings. The Morgan fingerprint density at radius 2 is 2.16 bits per heavy atom. The van der Waals surface area contributed by atoms with E-state index in [4.69, 9.17) is 4.74 Å². The molecule has 0 unspecified atom stereocenters. The number of carbonyl (C=O) groups is 1. The van der Waals surface area contributed by atoms with Crippen LogP contribution in [-0.4, -0.2) is 56.9 Å². The number of amides is 1. The highest BCUT2D eigenvalue weighted by Gasteiger charge is 2.36. The molecule has 1 aromatic heterocycles. The fourth-order valence-electron chi connectivity index (χ4n) is 3.11. The first-order valence-electron chi connectivity index (χ1n) is 8.25. The number of carbonyl (C=O) groups excluding carboxylic acids is 1. The van der Waals surface area contributed by atoms with E-state index in [2.05, 4.69) is 15.2 Å². The van der Waals surface area contributed by atoms with Crippen LogP contribution in [0.5, 0.6) is 5.75 Å². The number of aliphatic hydroxyl groups excluding tert-OH is 1. The SMILES string of the molecule is CN(CC[C@H]1CC[C@@H](Oc2ccc(F)cc2)[C@@H]1O)C(=O)c1ncn[nH]1. The highest BCUT2D eigenvalue weighted by atomic mass is 19.1. The van der Waals surface area contributed by atoms with Crippen LogP contribution in [0.4, 0.5) is 4.39 Å². The van der Waals surface area contributed by atoms with Crippen LogP contribution in [-0.2, 0) is 0 Å². The van der Waals surface area contributed by atoms with E-state index >= 15 is 0 Å². The molecule has 1 saturated carbocycles. The van der Waals surface area contributed by atoms with Crippen molar-refractivity contribution < 1.29 is 19.0 Å². The van der Waals surface area contributed by atoms with Crippen molar-refractivity contribution in [2.75, 3.05) is 13.6 Å². The highest BCUT2D eigenvalue weighted by molar-refractivity contribution is 5.90. The number of aromatic amines is 1. The zero-order valence-corrected chi connectivity index (χ0v) is 13.9. The van der Waals surface area contributed by atoms with Crippen LogP contribution in [0.25, 0.3) is 0 Å². The van der Waals surface area contributed by atoms with E-state index in [0.29, 0.717) is 18.7 Å². The molecule has 7 nitrogen and oxygen atoms in total. The van der Waals surface area contributed by atoms with E-state index in [-0.39, 0.29) is 29.6 Å². The number of nitrogens with one attached hydrogen (secondary N) is 1. The van der Waals surface area contributed by atoms with E-state index in [0.717, 1.165) is 12.8 Å². The first kappa shape index (κ1) is 17.3. The first-order valence-corrected chi connectivity index (χ1v) is 8.25. The van der Waals surface area contributed by atoms with Crippen molar-refractivity contribution in [2.45, 2.75) is 31.5 Å². The van der Waals surface area contributed by atoms with E-state index in [1.54, 1.807) is 24.1 Å². The summed E-state index contributed by atoms with van der Waals surface area (Å²) in [5.74, 6) is 0.242. The van der Waals surface area contributed by atoms with Crippen LogP contribution in [0, 0.1) is 11.7 Å². The predicted octanol–water partition coefficient (Wildman–Crippen LogP) is 1.62. The van der Waals surface area contributed by atoms with E-state index in [1.807, 2.05) is 0 Å². The summed E-state index contributed by atoms with van der Waals surface area (Å²) in [6.07, 6.45) is 2.57. The molecule has 0 aliphatic heterocycles. The van der Waals surface area contributed by atoms with Crippen LogP contribution in [0.1, 0.15) is 29.9 Å². The van der Waals surface area contributed by atoms with Crippen LogP contribution < -0.4 is 4.74 Å². The maximum absolute atomic E-state index is 12.9. The number of H-pyrrole nitrogens is 1. The molecule has 25 heavy (non-hydrogen) atoms. The average Bonchev–Trinajstić information content (AvgIpc) is 3.25. The number of rotatable bonds is 6. The van der Waals surface area contributed by atoms with Gasteiger partial charge >= 0.3 is 0 Å². The molecule has 134 valence electrons. The topological polar surface area (TPSA) is 91.3 Å². The summed E-state index contributed by atoms with van der Waals surface area (Å²) in [5, 5.41) is 16.7. The molecule has 0 radical (unpaired) electrons. The molecule has 1 aliphatic carbocycles. The Balaban J connectivity index is 1.49. The fourth-order valence-corrected chi connectivity index (χ4v) is 3.11. The second-order valence-corrected chi connectivity index (χ2v) is 6.29. The second-order valence-electron chi connectivity index (χ2n) is 6.29. The zero-order valence-electron chi connectivity index (χ0n) is 13.9. The van der Waals surface area contributed by atoms with E-state index < -0.39 is 6.10 Å². The van der Waals surface area contributed by atoms with Gasteiger partial charge < -0.3 is 14.7 Å².